The van der Waals surface area contributed by atoms with Gasteiger partial charge in [-0.2, -0.15) is 0 Å². The first-order chi connectivity index (χ1) is 14.3. The highest BCUT2D eigenvalue weighted by atomic mass is 16.5. The summed E-state index contributed by atoms with van der Waals surface area (Å²) in [7, 11) is 1.55. The zero-order valence-corrected chi connectivity index (χ0v) is 18.5. The van der Waals surface area contributed by atoms with Crippen molar-refractivity contribution in [1.82, 2.24) is 5.32 Å². The molecule has 3 N–H and O–H groups in total. The highest BCUT2D eigenvalue weighted by molar-refractivity contribution is 5.84. The van der Waals surface area contributed by atoms with Crippen LogP contribution in [0.3, 0.4) is 0 Å². The number of carboxylic acids is 2. The van der Waals surface area contributed by atoms with Crippen LogP contribution in [0.2, 0.25) is 0 Å². The molecule has 0 aromatic carbocycles. The molecular formula is C23H39NO6. The van der Waals surface area contributed by atoms with Gasteiger partial charge in [0.05, 0.1) is 17.3 Å². The van der Waals surface area contributed by atoms with Crippen LogP contribution < -0.4 is 5.32 Å². The van der Waals surface area contributed by atoms with Crippen molar-refractivity contribution in [3.05, 3.63) is 0 Å². The Balaban J connectivity index is 2.05. The molecule has 7 nitrogen and oxygen atoms in total. The average molecular weight is 426 g/mol. The van der Waals surface area contributed by atoms with Gasteiger partial charge in [-0.15, -0.1) is 0 Å². The second-order valence-electron chi connectivity index (χ2n) is 9.34. The number of carbonyl (C=O) groups is 3. The third kappa shape index (κ3) is 6.43. The first kappa shape index (κ1) is 24.6. The fraction of sp³-hybridized carbons (Fsp3) is 0.870. The zero-order valence-electron chi connectivity index (χ0n) is 18.5. The van der Waals surface area contributed by atoms with Gasteiger partial charge >= 0.3 is 11.9 Å². The number of ether oxygens (including phenoxy) is 1. The van der Waals surface area contributed by atoms with Crippen molar-refractivity contribution in [3.63, 3.8) is 0 Å². The molecule has 2 aliphatic carbocycles. The minimum Gasteiger partial charge on any atom is -0.481 e. The smallest absolute Gasteiger partial charge is 0.306 e. The van der Waals surface area contributed by atoms with Crippen molar-refractivity contribution in [2.75, 3.05) is 13.7 Å². The molecule has 7 heteroatoms. The number of carbonyl (C=O) groups excluding carboxylic acids is 1. The Morgan fingerprint density at radius 3 is 2.43 bits per heavy atom. The van der Waals surface area contributed by atoms with Crippen molar-refractivity contribution in [2.24, 2.45) is 23.2 Å². The van der Waals surface area contributed by atoms with Crippen molar-refractivity contribution in [1.29, 1.82) is 0 Å². The highest BCUT2D eigenvalue weighted by Gasteiger charge is 2.45. The number of methoxy groups -OCH3 is 1. The number of carboxylic acid groups (broad SMARTS) is 2. The molecule has 0 bridgehead atoms. The maximum Gasteiger partial charge on any atom is 0.306 e. The molecule has 0 spiro atoms. The van der Waals surface area contributed by atoms with Crippen LogP contribution >= 0.6 is 0 Å². The van der Waals surface area contributed by atoms with E-state index in [9.17, 15) is 24.6 Å². The summed E-state index contributed by atoms with van der Waals surface area (Å²) in [5, 5.41) is 22.4. The molecule has 4 atom stereocenters. The van der Waals surface area contributed by atoms with Gasteiger partial charge in [0, 0.05) is 19.8 Å². The predicted octanol–water partition coefficient (Wildman–Crippen LogP) is 3.85. The molecular weight excluding hydrogens is 386 g/mol. The lowest BCUT2D eigenvalue weighted by Crippen LogP contribution is -2.48. The van der Waals surface area contributed by atoms with Crippen LogP contribution in [-0.2, 0) is 19.1 Å². The number of nitrogens with one attached hydrogen (secondary N) is 1. The highest BCUT2D eigenvalue weighted by Crippen LogP contribution is 2.45. The zero-order chi connectivity index (χ0) is 22.1. The number of amides is 1. The summed E-state index contributed by atoms with van der Waals surface area (Å²) in [5.74, 6) is -2.45. The molecule has 4 unspecified atom stereocenters. The summed E-state index contributed by atoms with van der Waals surface area (Å²) in [6.45, 7) is 2.47. The Hall–Kier alpha value is -1.63. The van der Waals surface area contributed by atoms with E-state index in [1.807, 2.05) is 0 Å². The van der Waals surface area contributed by atoms with E-state index < -0.39 is 23.3 Å². The molecule has 2 saturated carbocycles. The SMILES string of the molecule is CCCCC1CC(NC(=O)C2(CC(CCOC)C(=O)O)CCCC2)CCC1C(=O)O. The van der Waals surface area contributed by atoms with E-state index in [0.717, 1.165) is 44.9 Å². The third-order valence-electron chi connectivity index (χ3n) is 7.26. The van der Waals surface area contributed by atoms with Gasteiger partial charge in [0.1, 0.15) is 0 Å². The third-order valence-corrected chi connectivity index (χ3v) is 7.26. The largest absolute Gasteiger partial charge is 0.481 e. The minimum absolute atomic E-state index is 0.0188. The molecule has 2 rings (SSSR count). The molecule has 0 aliphatic heterocycles. The van der Waals surface area contributed by atoms with Crippen molar-refractivity contribution < 1.29 is 29.3 Å². The second-order valence-corrected chi connectivity index (χ2v) is 9.34. The van der Waals surface area contributed by atoms with Crippen LogP contribution in [0.4, 0.5) is 0 Å². The van der Waals surface area contributed by atoms with Crippen LogP contribution in [0.25, 0.3) is 0 Å². The molecule has 1 amide bonds. The van der Waals surface area contributed by atoms with E-state index in [1.165, 1.54) is 0 Å². The van der Waals surface area contributed by atoms with Crippen molar-refractivity contribution in [3.8, 4) is 0 Å². The number of rotatable bonds is 12. The van der Waals surface area contributed by atoms with Crippen LogP contribution in [0, 0.1) is 23.2 Å². The number of unbranched alkanes of at least 4 members (excludes halogenated alkanes) is 1. The summed E-state index contributed by atoms with van der Waals surface area (Å²) in [4.78, 5) is 36.7. The molecule has 30 heavy (non-hydrogen) atoms. The van der Waals surface area contributed by atoms with E-state index in [2.05, 4.69) is 12.2 Å². The standard InChI is InChI=1S/C23H39NO6/c1-3-4-7-16-14-18(8-9-19(16)21(27)28)24-22(29)23(11-5-6-12-23)15-17(20(25)26)10-13-30-2/h16-19H,3-15H2,1-2H3,(H,24,29)(H,25,26)(H,27,28). The molecule has 0 aromatic heterocycles. The predicted molar refractivity (Wildman–Crippen MR) is 113 cm³/mol. The Morgan fingerprint density at radius 2 is 1.87 bits per heavy atom. The monoisotopic (exact) mass is 425 g/mol. The number of hydrogen-bond acceptors (Lipinski definition) is 4. The lowest BCUT2D eigenvalue weighted by molar-refractivity contribution is -0.145. The fourth-order valence-electron chi connectivity index (χ4n) is 5.46. The second kappa shape index (κ2) is 11.7. The Labute approximate surface area is 179 Å². The molecule has 0 radical (unpaired) electrons. The molecule has 172 valence electrons. The van der Waals surface area contributed by atoms with Crippen LogP contribution in [-0.4, -0.2) is 47.8 Å². The van der Waals surface area contributed by atoms with E-state index in [0.29, 0.717) is 38.7 Å². The molecule has 0 aromatic rings. The van der Waals surface area contributed by atoms with Crippen molar-refractivity contribution >= 4 is 17.8 Å². The molecule has 0 saturated heterocycles. The van der Waals surface area contributed by atoms with Gasteiger partial charge in [0.25, 0.3) is 0 Å². The Kier molecular flexibility index (Phi) is 9.59. The van der Waals surface area contributed by atoms with Gasteiger partial charge in [0.2, 0.25) is 5.91 Å². The number of hydrogen-bond donors (Lipinski definition) is 3. The van der Waals surface area contributed by atoms with E-state index >= 15 is 0 Å². The van der Waals surface area contributed by atoms with E-state index in [4.69, 9.17) is 4.74 Å². The lowest BCUT2D eigenvalue weighted by Gasteiger charge is -2.37. The maximum absolute atomic E-state index is 13.4. The number of aliphatic carboxylic acids is 2. The normalized spacial score (nSPS) is 26.8. The van der Waals surface area contributed by atoms with Crippen LogP contribution in [0.5, 0.6) is 0 Å². The van der Waals surface area contributed by atoms with E-state index in [1.54, 1.807) is 7.11 Å². The Morgan fingerprint density at radius 1 is 1.17 bits per heavy atom. The van der Waals surface area contributed by atoms with Gasteiger partial charge in [0.15, 0.2) is 0 Å². The topological polar surface area (TPSA) is 113 Å². The van der Waals surface area contributed by atoms with Gasteiger partial charge < -0.3 is 20.3 Å². The fourth-order valence-corrected chi connectivity index (χ4v) is 5.46. The van der Waals surface area contributed by atoms with Gasteiger partial charge in [-0.3, -0.25) is 14.4 Å². The van der Waals surface area contributed by atoms with E-state index in [-0.39, 0.29) is 23.8 Å². The average Bonchev–Trinajstić information content (AvgIpc) is 3.19. The lowest BCUT2D eigenvalue weighted by atomic mass is 9.73. The van der Waals surface area contributed by atoms with Crippen LogP contribution in [0.15, 0.2) is 0 Å². The maximum atomic E-state index is 13.4. The van der Waals surface area contributed by atoms with Gasteiger partial charge in [-0.05, 0) is 57.3 Å². The molecule has 2 aliphatic rings. The first-order valence-electron chi connectivity index (χ1n) is 11.6. The van der Waals surface area contributed by atoms with Crippen molar-refractivity contribution in [2.45, 2.75) is 90.0 Å². The first-order valence-corrected chi connectivity index (χ1v) is 11.6. The molecule has 0 heterocycles. The Bertz CT molecular complexity index is 586. The summed E-state index contributed by atoms with van der Waals surface area (Å²) >= 11 is 0. The summed E-state index contributed by atoms with van der Waals surface area (Å²) in [5.41, 5.74) is -0.626. The molecule has 2 fully saturated rings. The minimum atomic E-state index is -0.868. The quantitative estimate of drug-likeness (QED) is 0.438. The van der Waals surface area contributed by atoms with Gasteiger partial charge in [-0.1, -0.05) is 32.6 Å². The summed E-state index contributed by atoms with van der Waals surface area (Å²) < 4.78 is 5.06. The van der Waals surface area contributed by atoms with Gasteiger partial charge in [-0.25, -0.2) is 0 Å². The summed E-state index contributed by atoms with van der Waals surface area (Å²) in [6, 6.07) is -0.0188. The summed E-state index contributed by atoms with van der Waals surface area (Å²) in [6.07, 6.45) is 8.95. The van der Waals surface area contributed by atoms with Crippen LogP contribution in [0.1, 0.15) is 84.0 Å².